The van der Waals surface area contributed by atoms with Crippen LogP contribution >= 0.6 is 0 Å². The molecule has 1 aromatic heterocycles. The number of aromatic nitrogens is 2. The highest BCUT2D eigenvalue weighted by molar-refractivity contribution is 5.92. The van der Waals surface area contributed by atoms with E-state index in [-0.39, 0.29) is 18.1 Å². The van der Waals surface area contributed by atoms with Crippen molar-refractivity contribution >= 4 is 29.5 Å². The number of nitrogens with zero attached hydrogens (tertiary/aromatic N) is 5. The predicted molar refractivity (Wildman–Crippen MR) is 138 cm³/mol. The van der Waals surface area contributed by atoms with Gasteiger partial charge in [0.25, 0.3) is 11.4 Å². The molecule has 1 N–H and O–H groups in total. The van der Waals surface area contributed by atoms with Gasteiger partial charge in [-0.2, -0.15) is 0 Å². The Bertz CT molecular complexity index is 1430. The topological polar surface area (TPSA) is 197 Å². The van der Waals surface area contributed by atoms with E-state index in [4.69, 9.17) is 9.47 Å². The number of esters is 1. The number of amides is 1. The zero-order chi connectivity index (χ0) is 29.8. The van der Waals surface area contributed by atoms with Gasteiger partial charge in [-0.15, -0.1) is 0 Å². The van der Waals surface area contributed by atoms with Gasteiger partial charge in [0.1, 0.15) is 17.2 Å². The first-order valence-electron chi connectivity index (χ1n) is 11.6. The third-order valence-corrected chi connectivity index (χ3v) is 5.40. The molecule has 0 saturated heterocycles. The number of carbonyl (C=O) groups is 3. The van der Waals surface area contributed by atoms with E-state index in [9.17, 15) is 39.7 Å². The first-order valence-corrected chi connectivity index (χ1v) is 11.6. The molecule has 0 bridgehead atoms. The molecule has 3 rings (SSSR count). The SMILES string of the molecule is CN(CC(c1ccc(OC(=O)c2cc([N+](=O)[O-])cc([N+](=O)[O-])c2)cc1)c1nccn1C(=O)O)C(=O)OC(C)(C)C. The van der Waals surface area contributed by atoms with Gasteiger partial charge in [0.05, 0.1) is 27.4 Å². The fraction of sp³-hybridized carbons (Fsp3) is 0.280. The molecule has 0 aliphatic rings. The van der Waals surface area contributed by atoms with Crippen molar-refractivity contribution in [3.05, 3.63) is 92.0 Å². The number of ether oxygens (including phenoxy) is 2. The van der Waals surface area contributed by atoms with Crippen LogP contribution in [0, 0.1) is 20.2 Å². The first kappa shape index (κ1) is 29.2. The van der Waals surface area contributed by atoms with Gasteiger partial charge in [-0.05, 0) is 38.5 Å². The third kappa shape index (κ3) is 7.15. The standard InChI is InChI=1S/C25H25N5O10/c1-25(2,3)40-24(34)27(4)14-20(21-26-9-10-28(21)23(32)33)15-5-7-19(8-6-15)39-22(31)16-11-17(29(35)36)13-18(12-16)30(37)38/h5-13,20H,14H2,1-4H3,(H,32,33). The first-order chi connectivity index (χ1) is 18.7. The van der Waals surface area contributed by atoms with Crippen LogP contribution in [-0.4, -0.2) is 66.8 Å². The summed E-state index contributed by atoms with van der Waals surface area (Å²) in [6.45, 7) is 5.10. The monoisotopic (exact) mass is 555 g/mol. The number of likely N-dealkylation sites (N-methyl/N-ethyl adjacent to an activating group) is 1. The second kappa shape index (κ2) is 11.6. The van der Waals surface area contributed by atoms with Gasteiger partial charge in [0.2, 0.25) is 0 Å². The van der Waals surface area contributed by atoms with Crippen LogP contribution in [0.4, 0.5) is 21.0 Å². The Morgan fingerprint density at radius 1 is 1.05 bits per heavy atom. The fourth-order valence-corrected chi connectivity index (χ4v) is 3.62. The highest BCUT2D eigenvalue weighted by Gasteiger charge is 2.28. The number of rotatable bonds is 8. The van der Waals surface area contributed by atoms with E-state index in [0.29, 0.717) is 5.56 Å². The summed E-state index contributed by atoms with van der Waals surface area (Å²) < 4.78 is 11.5. The molecule has 1 atom stereocenters. The maximum Gasteiger partial charge on any atom is 0.417 e. The summed E-state index contributed by atoms with van der Waals surface area (Å²) in [5, 5.41) is 31.8. The van der Waals surface area contributed by atoms with Gasteiger partial charge in [-0.25, -0.2) is 23.9 Å². The van der Waals surface area contributed by atoms with E-state index in [1.807, 2.05) is 0 Å². The van der Waals surface area contributed by atoms with E-state index in [1.54, 1.807) is 20.8 Å². The molecule has 1 unspecified atom stereocenters. The zero-order valence-corrected chi connectivity index (χ0v) is 21.8. The number of benzene rings is 2. The zero-order valence-electron chi connectivity index (χ0n) is 21.8. The molecule has 1 heterocycles. The molecule has 0 spiro atoms. The van der Waals surface area contributed by atoms with Crippen LogP contribution in [0.15, 0.2) is 54.9 Å². The second-order valence-corrected chi connectivity index (χ2v) is 9.56. The predicted octanol–water partition coefficient (Wildman–Crippen LogP) is 4.44. The number of carbonyl (C=O) groups excluding carboxylic acids is 2. The lowest BCUT2D eigenvalue weighted by molar-refractivity contribution is -0.394. The molecule has 40 heavy (non-hydrogen) atoms. The minimum Gasteiger partial charge on any atom is -0.464 e. The van der Waals surface area contributed by atoms with Crippen LogP contribution in [0.25, 0.3) is 0 Å². The van der Waals surface area contributed by atoms with Gasteiger partial charge < -0.3 is 19.5 Å². The largest absolute Gasteiger partial charge is 0.464 e. The quantitative estimate of drug-likeness (QED) is 0.178. The maximum absolute atomic E-state index is 12.6. The maximum atomic E-state index is 12.6. The fourth-order valence-electron chi connectivity index (χ4n) is 3.62. The van der Waals surface area contributed by atoms with E-state index < -0.39 is 56.5 Å². The van der Waals surface area contributed by atoms with Gasteiger partial charge in [-0.1, -0.05) is 12.1 Å². The average molecular weight is 556 g/mol. The number of imidazole rings is 1. The summed E-state index contributed by atoms with van der Waals surface area (Å²) in [5.74, 6) is -1.68. The Hall–Kier alpha value is -5.34. The van der Waals surface area contributed by atoms with Crippen LogP contribution < -0.4 is 4.74 Å². The van der Waals surface area contributed by atoms with Crippen molar-refractivity contribution in [3.63, 3.8) is 0 Å². The third-order valence-electron chi connectivity index (χ3n) is 5.40. The molecule has 0 aliphatic carbocycles. The number of hydrogen-bond donors (Lipinski definition) is 1. The Morgan fingerprint density at radius 3 is 2.12 bits per heavy atom. The number of carboxylic acid groups (broad SMARTS) is 1. The van der Waals surface area contributed by atoms with Crippen LogP contribution in [0.2, 0.25) is 0 Å². The van der Waals surface area contributed by atoms with Crippen molar-refractivity contribution in [2.45, 2.75) is 32.3 Å². The summed E-state index contributed by atoms with van der Waals surface area (Å²) in [6.07, 6.45) is 0.640. The van der Waals surface area contributed by atoms with Crippen molar-refractivity contribution in [1.82, 2.24) is 14.5 Å². The molecule has 3 aromatic rings. The Morgan fingerprint density at radius 2 is 1.62 bits per heavy atom. The summed E-state index contributed by atoms with van der Waals surface area (Å²) >= 11 is 0. The van der Waals surface area contributed by atoms with Gasteiger partial charge in [0.15, 0.2) is 0 Å². The Kier molecular flexibility index (Phi) is 8.47. The molecule has 1 amide bonds. The van der Waals surface area contributed by atoms with E-state index in [2.05, 4.69) is 4.98 Å². The lowest BCUT2D eigenvalue weighted by Gasteiger charge is -2.27. The van der Waals surface area contributed by atoms with Crippen molar-refractivity contribution < 1.29 is 38.8 Å². The lowest BCUT2D eigenvalue weighted by atomic mass is 9.97. The summed E-state index contributed by atoms with van der Waals surface area (Å²) in [6, 6.07) is 8.25. The van der Waals surface area contributed by atoms with Crippen molar-refractivity contribution in [2.24, 2.45) is 0 Å². The van der Waals surface area contributed by atoms with E-state index in [0.717, 1.165) is 22.8 Å². The molecular formula is C25H25N5O10. The van der Waals surface area contributed by atoms with Crippen molar-refractivity contribution in [2.75, 3.05) is 13.6 Å². The summed E-state index contributed by atoms with van der Waals surface area (Å²) in [7, 11) is 1.49. The minimum atomic E-state index is -1.28. The molecule has 0 aliphatic heterocycles. The normalized spacial score (nSPS) is 11.8. The summed E-state index contributed by atoms with van der Waals surface area (Å²) in [4.78, 5) is 62.9. The number of nitro groups is 2. The average Bonchev–Trinajstić information content (AvgIpc) is 3.36. The van der Waals surface area contributed by atoms with Crippen molar-refractivity contribution in [1.29, 1.82) is 0 Å². The molecule has 0 radical (unpaired) electrons. The van der Waals surface area contributed by atoms with Gasteiger partial charge in [0, 0.05) is 38.1 Å². The molecule has 0 fully saturated rings. The number of nitro benzene ring substituents is 2. The summed E-state index contributed by atoms with van der Waals surface area (Å²) in [5.41, 5.74) is -1.95. The number of hydrogen-bond acceptors (Lipinski definition) is 10. The minimum absolute atomic E-state index is 0.00346. The Labute approximate surface area is 226 Å². The van der Waals surface area contributed by atoms with Gasteiger partial charge >= 0.3 is 18.2 Å². The molecular weight excluding hydrogens is 530 g/mol. The molecule has 15 heteroatoms. The Balaban J connectivity index is 1.89. The highest BCUT2D eigenvalue weighted by atomic mass is 16.6. The van der Waals surface area contributed by atoms with Crippen LogP contribution in [-0.2, 0) is 4.74 Å². The molecule has 0 saturated carbocycles. The molecule has 210 valence electrons. The van der Waals surface area contributed by atoms with Gasteiger partial charge in [-0.3, -0.25) is 20.2 Å². The van der Waals surface area contributed by atoms with Crippen LogP contribution in [0.3, 0.4) is 0 Å². The van der Waals surface area contributed by atoms with Crippen molar-refractivity contribution in [3.8, 4) is 5.75 Å². The van der Waals surface area contributed by atoms with E-state index >= 15 is 0 Å². The second-order valence-electron chi connectivity index (χ2n) is 9.56. The molecule has 15 nitrogen and oxygen atoms in total. The number of non-ortho nitro benzene ring substituents is 2. The smallest absolute Gasteiger partial charge is 0.417 e. The van der Waals surface area contributed by atoms with Crippen LogP contribution in [0.5, 0.6) is 5.75 Å². The molecule has 2 aromatic carbocycles. The van der Waals surface area contributed by atoms with Crippen LogP contribution in [0.1, 0.15) is 48.4 Å². The lowest BCUT2D eigenvalue weighted by Crippen LogP contribution is -2.37. The highest BCUT2D eigenvalue weighted by Crippen LogP contribution is 2.28. The van der Waals surface area contributed by atoms with E-state index in [1.165, 1.54) is 48.6 Å².